The Morgan fingerprint density at radius 1 is 0.889 bits per heavy atom. The summed E-state index contributed by atoms with van der Waals surface area (Å²) in [5.41, 5.74) is 4.35. The third-order valence-corrected chi connectivity index (χ3v) is 6.14. The molecule has 130 valence electrons. The van der Waals surface area contributed by atoms with E-state index in [1.165, 1.54) is 11.3 Å². The van der Waals surface area contributed by atoms with Crippen LogP contribution in [0, 0.1) is 0 Å². The third-order valence-electron chi connectivity index (χ3n) is 4.49. The molecule has 0 unspecified atom stereocenters. The van der Waals surface area contributed by atoms with E-state index in [0.717, 1.165) is 21.7 Å². The Bertz CT molecular complexity index is 1190. The van der Waals surface area contributed by atoms with E-state index in [1.54, 1.807) is 23.5 Å². The number of thiazole rings is 1. The van der Waals surface area contributed by atoms with Crippen LogP contribution in [-0.2, 0) is 0 Å². The highest BCUT2D eigenvalue weighted by Gasteiger charge is 2.27. The highest BCUT2D eigenvalue weighted by molar-refractivity contribution is 7.16. The molecule has 0 saturated carbocycles. The molecule has 0 spiro atoms. The van der Waals surface area contributed by atoms with Crippen molar-refractivity contribution in [2.75, 3.05) is 5.32 Å². The van der Waals surface area contributed by atoms with E-state index in [4.69, 9.17) is 0 Å². The molecule has 6 heteroatoms. The molecule has 0 radical (unpaired) electrons. The number of hydrogen-bond acceptors (Lipinski definition) is 5. The van der Waals surface area contributed by atoms with Gasteiger partial charge in [-0.1, -0.05) is 36.4 Å². The van der Waals surface area contributed by atoms with Crippen molar-refractivity contribution in [2.45, 2.75) is 0 Å². The van der Waals surface area contributed by atoms with Crippen molar-refractivity contribution in [3.8, 4) is 21.7 Å². The Morgan fingerprint density at radius 2 is 1.70 bits per heavy atom. The Labute approximate surface area is 163 Å². The predicted octanol–water partition coefficient (Wildman–Crippen LogP) is 5.34. The second-order valence-electron chi connectivity index (χ2n) is 6.10. The van der Waals surface area contributed by atoms with Crippen LogP contribution < -0.4 is 5.32 Å². The summed E-state index contributed by atoms with van der Waals surface area (Å²) in [5, 5.41) is 7.28. The third kappa shape index (κ3) is 2.70. The SMILES string of the molecule is O=C(Nc1nc(-c2cccs2)cs1)c1ccc2c(c1)C(=O)c1ccccc1-2. The number of benzene rings is 2. The van der Waals surface area contributed by atoms with Gasteiger partial charge in [-0.3, -0.25) is 14.9 Å². The van der Waals surface area contributed by atoms with Crippen LogP contribution in [-0.4, -0.2) is 16.7 Å². The van der Waals surface area contributed by atoms with Gasteiger partial charge in [0.2, 0.25) is 0 Å². The first-order valence-corrected chi connectivity index (χ1v) is 10.1. The van der Waals surface area contributed by atoms with E-state index in [1.807, 2.05) is 53.2 Å². The first kappa shape index (κ1) is 16.1. The second kappa shape index (κ2) is 6.26. The van der Waals surface area contributed by atoms with Crippen LogP contribution in [0.3, 0.4) is 0 Å². The average molecular weight is 388 g/mol. The number of fused-ring (bicyclic) bond motifs is 3. The van der Waals surface area contributed by atoms with Crippen LogP contribution in [0.4, 0.5) is 5.13 Å². The number of ketones is 1. The van der Waals surface area contributed by atoms with E-state index in [0.29, 0.717) is 21.8 Å². The normalized spacial score (nSPS) is 11.9. The molecule has 1 amide bonds. The molecular formula is C21H12N2O2S2. The molecule has 0 bridgehead atoms. The maximum atomic E-state index is 12.6. The van der Waals surface area contributed by atoms with Crippen molar-refractivity contribution >= 4 is 39.5 Å². The molecule has 1 aliphatic rings. The van der Waals surface area contributed by atoms with Crippen LogP contribution in [0.15, 0.2) is 65.4 Å². The summed E-state index contributed by atoms with van der Waals surface area (Å²) in [6.45, 7) is 0. The number of nitrogens with zero attached hydrogens (tertiary/aromatic N) is 1. The van der Waals surface area contributed by atoms with Gasteiger partial charge in [-0.15, -0.1) is 22.7 Å². The molecule has 27 heavy (non-hydrogen) atoms. The Kier molecular flexibility index (Phi) is 3.74. The smallest absolute Gasteiger partial charge is 0.257 e. The molecule has 2 heterocycles. The van der Waals surface area contributed by atoms with Gasteiger partial charge in [0.1, 0.15) is 0 Å². The molecule has 0 atom stereocenters. The predicted molar refractivity (Wildman–Crippen MR) is 109 cm³/mol. The van der Waals surface area contributed by atoms with Crippen molar-refractivity contribution in [3.05, 3.63) is 82.0 Å². The van der Waals surface area contributed by atoms with Crippen molar-refractivity contribution in [1.82, 2.24) is 4.98 Å². The molecule has 2 aromatic carbocycles. The summed E-state index contributed by atoms with van der Waals surface area (Å²) < 4.78 is 0. The Balaban J connectivity index is 1.42. The lowest BCUT2D eigenvalue weighted by atomic mass is 10.0. The number of amides is 1. The van der Waals surface area contributed by atoms with Crippen LogP contribution in [0.2, 0.25) is 0 Å². The summed E-state index contributed by atoms with van der Waals surface area (Å²) in [5.74, 6) is -0.307. The van der Waals surface area contributed by atoms with Crippen LogP contribution in [0.1, 0.15) is 26.3 Å². The number of anilines is 1. The van der Waals surface area contributed by atoms with Gasteiger partial charge in [-0.05, 0) is 34.7 Å². The van der Waals surface area contributed by atoms with E-state index in [-0.39, 0.29) is 11.7 Å². The van der Waals surface area contributed by atoms with Gasteiger partial charge in [-0.25, -0.2) is 4.98 Å². The number of nitrogens with one attached hydrogen (secondary N) is 1. The van der Waals surface area contributed by atoms with E-state index in [2.05, 4.69) is 10.3 Å². The zero-order valence-electron chi connectivity index (χ0n) is 13.9. The lowest BCUT2D eigenvalue weighted by Gasteiger charge is -2.04. The van der Waals surface area contributed by atoms with E-state index < -0.39 is 0 Å². The quantitative estimate of drug-likeness (QED) is 0.454. The minimum absolute atomic E-state index is 0.0375. The topological polar surface area (TPSA) is 59.1 Å². The number of carbonyl (C=O) groups is 2. The average Bonchev–Trinajstić information content (AvgIpc) is 3.43. The van der Waals surface area contributed by atoms with Gasteiger partial charge in [0.05, 0.1) is 10.6 Å². The molecule has 4 nitrogen and oxygen atoms in total. The monoisotopic (exact) mass is 388 g/mol. The highest BCUT2D eigenvalue weighted by Crippen LogP contribution is 2.37. The van der Waals surface area contributed by atoms with Crippen molar-refractivity contribution in [3.63, 3.8) is 0 Å². The second-order valence-corrected chi connectivity index (χ2v) is 7.91. The van der Waals surface area contributed by atoms with Gasteiger partial charge in [0.15, 0.2) is 10.9 Å². The fourth-order valence-corrected chi connectivity index (χ4v) is 4.67. The van der Waals surface area contributed by atoms with Crippen LogP contribution in [0.25, 0.3) is 21.7 Å². The summed E-state index contributed by atoms with van der Waals surface area (Å²) in [4.78, 5) is 30.8. The molecule has 0 aliphatic heterocycles. The summed E-state index contributed by atoms with van der Waals surface area (Å²) in [6, 6.07) is 16.7. The standard InChI is InChI=1S/C21H12N2O2S2/c24-19-15-5-2-1-4-13(15)14-8-7-12(10-16(14)19)20(25)23-21-22-17(11-27-21)18-6-3-9-26-18/h1-11H,(H,22,23,25). The fourth-order valence-electron chi connectivity index (χ4n) is 3.21. The molecule has 2 aromatic heterocycles. The molecule has 5 rings (SSSR count). The molecule has 4 aromatic rings. The van der Waals surface area contributed by atoms with Crippen LogP contribution >= 0.6 is 22.7 Å². The zero-order chi connectivity index (χ0) is 18.4. The lowest BCUT2D eigenvalue weighted by Crippen LogP contribution is -2.12. The van der Waals surface area contributed by atoms with Crippen molar-refractivity contribution in [1.29, 1.82) is 0 Å². The van der Waals surface area contributed by atoms with Gasteiger partial charge < -0.3 is 0 Å². The molecule has 1 aliphatic carbocycles. The molecular weight excluding hydrogens is 376 g/mol. The number of aromatic nitrogens is 1. The minimum Gasteiger partial charge on any atom is -0.298 e. The van der Waals surface area contributed by atoms with Gasteiger partial charge in [0, 0.05) is 22.1 Å². The number of hydrogen-bond donors (Lipinski definition) is 1. The fraction of sp³-hybridized carbons (Fsp3) is 0. The highest BCUT2D eigenvalue weighted by atomic mass is 32.1. The van der Waals surface area contributed by atoms with Gasteiger partial charge in [0.25, 0.3) is 5.91 Å². The molecule has 0 saturated heterocycles. The van der Waals surface area contributed by atoms with Crippen molar-refractivity contribution in [2.24, 2.45) is 0 Å². The Hall–Kier alpha value is -3.09. The first-order chi connectivity index (χ1) is 13.2. The van der Waals surface area contributed by atoms with Gasteiger partial charge in [-0.2, -0.15) is 0 Å². The molecule has 1 N–H and O–H groups in total. The van der Waals surface area contributed by atoms with E-state index >= 15 is 0 Å². The maximum absolute atomic E-state index is 12.6. The number of carbonyl (C=O) groups excluding carboxylic acids is 2. The zero-order valence-corrected chi connectivity index (χ0v) is 15.6. The largest absolute Gasteiger partial charge is 0.298 e. The lowest BCUT2D eigenvalue weighted by molar-refractivity contribution is 0.102. The number of rotatable bonds is 3. The summed E-state index contributed by atoms with van der Waals surface area (Å²) in [7, 11) is 0. The van der Waals surface area contributed by atoms with Crippen LogP contribution in [0.5, 0.6) is 0 Å². The first-order valence-electron chi connectivity index (χ1n) is 8.29. The maximum Gasteiger partial charge on any atom is 0.257 e. The van der Waals surface area contributed by atoms with Crippen molar-refractivity contribution < 1.29 is 9.59 Å². The Morgan fingerprint density at radius 3 is 2.52 bits per heavy atom. The summed E-state index contributed by atoms with van der Waals surface area (Å²) in [6.07, 6.45) is 0. The number of thiophene rings is 1. The van der Waals surface area contributed by atoms with E-state index in [9.17, 15) is 9.59 Å². The van der Waals surface area contributed by atoms with Gasteiger partial charge >= 0.3 is 0 Å². The summed E-state index contributed by atoms with van der Waals surface area (Å²) >= 11 is 2.99. The minimum atomic E-state index is -0.270. The molecule has 0 fully saturated rings.